The van der Waals surface area contributed by atoms with Crippen molar-refractivity contribution in [1.29, 1.82) is 5.26 Å². The van der Waals surface area contributed by atoms with Gasteiger partial charge in [0.25, 0.3) is 0 Å². The molecule has 0 fully saturated rings. The molecular formula is C7H2F3IN2O. The van der Waals surface area contributed by atoms with E-state index in [1.165, 1.54) is 12.1 Å². The first-order chi connectivity index (χ1) is 6.42. The van der Waals surface area contributed by atoms with E-state index in [-0.39, 0.29) is 5.69 Å². The van der Waals surface area contributed by atoms with E-state index in [1.807, 2.05) is 0 Å². The Morgan fingerprint density at radius 2 is 2.07 bits per heavy atom. The molecule has 0 radical (unpaired) electrons. The second-order valence-corrected chi connectivity index (χ2v) is 3.25. The first-order valence-corrected chi connectivity index (χ1v) is 4.32. The number of nitriles is 1. The minimum absolute atomic E-state index is 0.380. The van der Waals surface area contributed by atoms with Gasteiger partial charge in [-0.3, -0.25) is 0 Å². The van der Waals surface area contributed by atoms with E-state index >= 15 is 0 Å². The lowest BCUT2D eigenvalue weighted by Crippen LogP contribution is -2.18. The maximum atomic E-state index is 11.8. The van der Waals surface area contributed by atoms with Crippen LogP contribution in [0.3, 0.4) is 0 Å². The van der Waals surface area contributed by atoms with Crippen LogP contribution in [-0.2, 0) is 0 Å². The highest BCUT2D eigenvalue weighted by atomic mass is 127. The van der Waals surface area contributed by atoms with Crippen LogP contribution in [0.5, 0.6) is 5.75 Å². The fourth-order valence-electron chi connectivity index (χ4n) is 0.710. The lowest BCUT2D eigenvalue weighted by atomic mass is 10.3. The smallest absolute Gasteiger partial charge is 0.403 e. The van der Waals surface area contributed by atoms with Crippen molar-refractivity contribution >= 4 is 22.6 Å². The van der Waals surface area contributed by atoms with Crippen molar-refractivity contribution in [2.45, 2.75) is 6.36 Å². The third kappa shape index (κ3) is 3.02. The zero-order chi connectivity index (χ0) is 10.8. The van der Waals surface area contributed by atoms with E-state index in [4.69, 9.17) is 5.26 Å². The van der Waals surface area contributed by atoms with Crippen LogP contribution >= 0.6 is 22.6 Å². The van der Waals surface area contributed by atoms with Gasteiger partial charge in [-0.1, -0.05) is 0 Å². The van der Waals surface area contributed by atoms with Gasteiger partial charge in [-0.25, -0.2) is 4.98 Å². The first-order valence-electron chi connectivity index (χ1n) is 3.25. The molecule has 0 aromatic carbocycles. The van der Waals surface area contributed by atoms with Crippen molar-refractivity contribution < 1.29 is 17.9 Å². The highest BCUT2D eigenvalue weighted by molar-refractivity contribution is 14.1. The van der Waals surface area contributed by atoms with Gasteiger partial charge in [-0.05, 0) is 34.7 Å². The zero-order valence-corrected chi connectivity index (χ0v) is 8.63. The van der Waals surface area contributed by atoms with Gasteiger partial charge in [0.15, 0.2) is 11.4 Å². The quantitative estimate of drug-likeness (QED) is 0.591. The fraction of sp³-hybridized carbons (Fsp3) is 0.143. The highest BCUT2D eigenvalue weighted by Gasteiger charge is 2.32. The molecule has 1 rings (SSSR count). The summed E-state index contributed by atoms with van der Waals surface area (Å²) in [5.74, 6) is -0.583. The van der Waals surface area contributed by atoms with Gasteiger partial charge in [0.2, 0.25) is 0 Å². The number of ether oxygens (including phenoxy) is 1. The van der Waals surface area contributed by atoms with E-state index in [2.05, 4.69) is 9.72 Å². The summed E-state index contributed by atoms with van der Waals surface area (Å²) in [5, 5.41) is 8.48. The van der Waals surface area contributed by atoms with Gasteiger partial charge >= 0.3 is 6.36 Å². The average molecular weight is 314 g/mol. The molecule has 0 amide bonds. The molecule has 0 saturated heterocycles. The summed E-state index contributed by atoms with van der Waals surface area (Å²) in [6.45, 7) is 0. The number of alkyl halides is 3. The SMILES string of the molecule is N#Cc1nc(I)ccc1OC(F)(F)F. The van der Waals surface area contributed by atoms with Crippen LogP contribution in [0, 0.1) is 15.0 Å². The molecule has 0 N–H and O–H groups in total. The van der Waals surface area contributed by atoms with Gasteiger partial charge in [-0.15, -0.1) is 13.2 Å². The second kappa shape index (κ2) is 4.00. The molecule has 0 aliphatic carbocycles. The summed E-state index contributed by atoms with van der Waals surface area (Å²) >= 11 is 1.78. The van der Waals surface area contributed by atoms with Crippen LogP contribution < -0.4 is 4.74 Å². The number of halogens is 4. The second-order valence-electron chi connectivity index (χ2n) is 2.14. The van der Waals surface area contributed by atoms with Crippen LogP contribution in [0.2, 0.25) is 0 Å². The molecule has 74 valence electrons. The van der Waals surface area contributed by atoms with E-state index < -0.39 is 12.1 Å². The highest BCUT2D eigenvalue weighted by Crippen LogP contribution is 2.25. The standard InChI is InChI=1S/C7H2F3IN2O/c8-7(9,10)14-5-1-2-6(11)13-4(5)3-12/h1-2H. The predicted molar refractivity (Wildman–Crippen MR) is 48.4 cm³/mol. The lowest BCUT2D eigenvalue weighted by molar-refractivity contribution is -0.274. The number of rotatable bonds is 1. The van der Waals surface area contributed by atoms with E-state index in [0.29, 0.717) is 3.70 Å². The summed E-state index contributed by atoms with van der Waals surface area (Å²) in [6.07, 6.45) is -4.81. The molecular weight excluding hydrogens is 312 g/mol. The largest absolute Gasteiger partial charge is 0.573 e. The lowest BCUT2D eigenvalue weighted by Gasteiger charge is -2.09. The molecule has 0 unspecified atom stereocenters. The Morgan fingerprint density at radius 1 is 1.43 bits per heavy atom. The minimum atomic E-state index is -4.81. The summed E-state index contributed by atoms with van der Waals surface area (Å²) < 4.78 is 39.4. The summed E-state index contributed by atoms with van der Waals surface area (Å²) in [5.41, 5.74) is -0.380. The normalized spacial score (nSPS) is 10.8. The van der Waals surface area contributed by atoms with Crippen LogP contribution in [0.15, 0.2) is 12.1 Å². The van der Waals surface area contributed by atoms with Crippen molar-refractivity contribution in [3.8, 4) is 11.8 Å². The van der Waals surface area contributed by atoms with Crippen molar-refractivity contribution in [2.24, 2.45) is 0 Å². The number of aromatic nitrogens is 1. The molecule has 0 aliphatic rings. The monoisotopic (exact) mass is 314 g/mol. The van der Waals surface area contributed by atoms with Crippen molar-refractivity contribution in [2.75, 3.05) is 0 Å². The summed E-state index contributed by atoms with van der Waals surface area (Å²) in [7, 11) is 0. The van der Waals surface area contributed by atoms with Crippen LogP contribution in [0.25, 0.3) is 0 Å². The van der Waals surface area contributed by atoms with Gasteiger partial charge in [0, 0.05) is 0 Å². The van der Waals surface area contributed by atoms with E-state index in [0.717, 1.165) is 6.07 Å². The molecule has 1 aromatic rings. The van der Waals surface area contributed by atoms with Crippen LogP contribution in [-0.4, -0.2) is 11.3 Å². The Morgan fingerprint density at radius 3 is 2.57 bits per heavy atom. The zero-order valence-electron chi connectivity index (χ0n) is 6.47. The van der Waals surface area contributed by atoms with Gasteiger partial charge in [0.05, 0.1) is 0 Å². The molecule has 0 spiro atoms. The maximum Gasteiger partial charge on any atom is 0.573 e. The molecule has 3 nitrogen and oxygen atoms in total. The Hall–Kier alpha value is -1.04. The molecule has 1 heterocycles. The fourth-order valence-corrected chi connectivity index (χ4v) is 1.13. The molecule has 14 heavy (non-hydrogen) atoms. The Bertz CT molecular complexity index is 386. The van der Waals surface area contributed by atoms with E-state index in [9.17, 15) is 13.2 Å². The predicted octanol–water partition coefficient (Wildman–Crippen LogP) is 2.46. The number of hydrogen-bond acceptors (Lipinski definition) is 3. The third-order valence-corrected chi connectivity index (χ3v) is 1.76. The topological polar surface area (TPSA) is 45.9 Å². The van der Waals surface area contributed by atoms with Crippen LogP contribution in [0.1, 0.15) is 5.69 Å². The van der Waals surface area contributed by atoms with Gasteiger partial charge in [0.1, 0.15) is 9.77 Å². The van der Waals surface area contributed by atoms with Crippen molar-refractivity contribution in [3.05, 3.63) is 21.5 Å². The minimum Gasteiger partial charge on any atom is -0.403 e. The van der Waals surface area contributed by atoms with Crippen LogP contribution in [0.4, 0.5) is 13.2 Å². The Balaban J connectivity index is 3.05. The summed E-state index contributed by atoms with van der Waals surface area (Å²) in [4.78, 5) is 3.58. The molecule has 0 atom stereocenters. The maximum absolute atomic E-state index is 11.8. The molecule has 0 saturated carbocycles. The number of hydrogen-bond donors (Lipinski definition) is 0. The van der Waals surface area contributed by atoms with Gasteiger partial charge < -0.3 is 4.74 Å². The summed E-state index contributed by atoms with van der Waals surface area (Å²) in [6, 6.07) is 3.90. The third-order valence-electron chi connectivity index (χ3n) is 1.16. The molecule has 1 aromatic heterocycles. The van der Waals surface area contributed by atoms with E-state index in [1.54, 1.807) is 22.6 Å². The Labute approximate surface area is 90.6 Å². The van der Waals surface area contributed by atoms with Crippen molar-refractivity contribution in [1.82, 2.24) is 4.98 Å². The molecule has 0 bridgehead atoms. The molecule has 0 aliphatic heterocycles. The molecule has 7 heteroatoms. The van der Waals surface area contributed by atoms with Gasteiger partial charge in [-0.2, -0.15) is 5.26 Å². The number of nitrogens with zero attached hydrogens (tertiary/aromatic N) is 2. The average Bonchev–Trinajstić information content (AvgIpc) is 2.06. The Kier molecular flexibility index (Phi) is 3.15. The van der Waals surface area contributed by atoms with Crippen molar-refractivity contribution in [3.63, 3.8) is 0 Å². The first kappa shape index (κ1) is 11.0. The number of pyridine rings is 1.